The van der Waals surface area contributed by atoms with E-state index in [4.69, 9.17) is 4.74 Å². The van der Waals surface area contributed by atoms with Crippen LogP contribution in [0.15, 0.2) is 54.6 Å². The molecular formula is C23H30N2O2. The van der Waals surface area contributed by atoms with Crippen LogP contribution in [0.4, 0.5) is 0 Å². The van der Waals surface area contributed by atoms with E-state index in [1.54, 1.807) is 0 Å². The first-order valence-electron chi connectivity index (χ1n) is 10.1. The molecule has 2 unspecified atom stereocenters. The van der Waals surface area contributed by atoms with Crippen molar-refractivity contribution in [2.75, 3.05) is 32.8 Å². The van der Waals surface area contributed by atoms with Crippen molar-refractivity contribution in [2.24, 2.45) is 0 Å². The van der Waals surface area contributed by atoms with Crippen LogP contribution in [-0.4, -0.2) is 59.9 Å². The summed E-state index contributed by atoms with van der Waals surface area (Å²) in [6.45, 7) is 6.08. The van der Waals surface area contributed by atoms with Crippen molar-refractivity contribution in [3.63, 3.8) is 0 Å². The van der Waals surface area contributed by atoms with Gasteiger partial charge in [-0.1, -0.05) is 54.6 Å². The molecule has 4 rings (SSSR count). The molecule has 0 aliphatic carbocycles. The Morgan fingerprint density at radius 2 is 1.74 bits per heavy atom. The summed E-state index contributed by atoms with van der Waals surface area (Å²) in [5.74, 6) is 0. The lowest BCUT2D eigenvalue weighted by molar-refractivity contribution is -0.0188. The number of nitrogens with zero attached hydrogens (tertiary/aromatic N) is 2. The predicted molar refractivity (Wildman–Crippen MR) is 108 cm³/mol. The van der Waals surface area contributed by atoms with E-state index in [0.717, 1.165) is 45.6 Å². The van der Waals surface area contributed by atoms with Crippen molar-refractivity contribution >= 4 is 0 Å². The number of hydrogen-bond donors (Lipinski definition) is 1. The molecule has 2 heterocycles. The standard InChI is InChI=1S/C23H30N2O2/c26-22(16-25-12-10-20-8-4-5-9-21(20)15-25)18-27-23-11-13-24(17-23)14-19-6-2-1-3-7-19/h1-9,22-23,26H,10-18H2. The highest BCUT2D eigenvalue weighted by atomic mass is 16.5. The van der Waals surface area contributed by atoms with Crippen LogP contribution < -0.4 is 0 Å². The molecule has 1 saturated heterocycles. The Kier molecular flexibility index (Phi) is 6.20. The van der Waals surface area contributed by atoms with Gasteiger partial charge < -0.3 is 9.84 Å². The van der Waals surface area contributed by atoms with Gasteiger partial charge in [0.2, 0.25) is 0 Å². The zero-order valence-corrected chi connectivity index (χ0v) is 16.0. The van der Waals surface area contributed by atoms with Gasteiger partial charge in [0.05, 0.1) is 18.8 Å². The van der Waals surface area contributed by atoms with Crippen molar-refractivity contribution < 1.29 is 9.84 Å². The second kappa shape index (κ2) is 8.98. The molecule has 0 amide bonds. The third-order valence-electron chi connectivity index (χ3n) is 5.68. The highest BCUT2D eigenvalue weighted by Gasteiger charge is 2.24. The van der Waals surface area contributed by atoms with E-state index in [2.05, 4.69) is 64.4 Å². The molecule has 0 spiro atoms. The second-order valence-electron chi connectivity index (χ2n) is 7.87. The molecule has 0 bridgehead atoms. The Labute approximate surface area is 162 Å². The number of aliphatic hydroxyl groups excluding tert-OH is 1. The maximum atomic E-state index is 10.4. The van der Waals surface area contributed by atoms with E-state index in [9.17, 15) is 5.11 Å². The first-order valence-corrected chi connectivity index (χ1v) is 10.1. The van der Waals surface area contributed by atoms with Crippen LogP contribution in [0.1, 0.15) is 23.1 Å². The Balaban J connectivity index is 1.17. The number of hydrogen-bond acceptors (Lipinski definition) is 4. The number of fused-ring (bicyclic) bond motifs is 1. The average molecular weight is 367 g/mol. The molecule has 27 heavy (non-hydrogen) atoms. The lowest BCUT2D eigenvalue weighted by Gasteiger charge is -2.30. The molecular weight excluding hydrogens is 336 g/mol. The summed E-state index contributed by atoms with van der Waals surface area (Å²) in [6.07, 6.45) is 1.95. The average Bonchev–Trinajstić information content (AvgIpc) is 3.14. The monoisotopic (exact) mass is 366 g/mol. The molecule has 0 saturated carbocycles. The minimum absolute atomic E-state index is 0.241. The van der Waals surface area contributed by atoms with Gasteiger partial charge in [0.25, 0.3) is 0 Å². The number of likely N-dealkylation sites (tertiary alicyclic amines) is 1. The molecule has 144 valence electrons. The molecule has 4 heteroatoms. The third-order valence-corrected chi connectivity index (χ3v) is 5.68. The molecule has 2 aromatic rings. The molecule has 2 aromatic carbocycles. The number of aliphatic hydroxyl groups is 1. The Bertz CT molecular complexity index is 721. The fraction of sp³-hybridized carbons (Fsp3) is 0.478. The summed E-state index contributed by atoms with van der Waals surface area (Å²) in [5, 5.41) is 10.4. The fourth-order valence-electron chi connectivity index (χ4n) is 4.23. The summed E-state index contributed by atoms with van der Waals surface area (Å²) >= 11 is 0. The Morgan fingerprint density at radius 3 is 2.59 bits per heavy atom. The van der Waals surface area contributed by atoms with E-state index < -0.39 is 6.10 Å². The lowest BCUT2D eigenvalue weighted by Crippen LogP contribution is -2.39. The summed E-state index contributed by atoms with van der Waals surface area (Å²) < 4.78 is 6.03. The zero-order chi connectivity index (χ0) is 18.5. The number of benzene rings is 2. The highest BCUT2D eigenvalue weighted by Crippen LogP contribution is 2.19. The van der Waals surface area contributed by atoms with Gasteiger partial charge >= 0.3 is 0 Å². The Hall–Kier alpha value is -1.72. The lowest BCUT2D eigenvalue weighted by atomic mass is 10.00. The van der Waals surface area contributed by atoms with E-state index in [0.29, 0.717) is 13.2 Å². The summed E-state index contributed by atoms with van der Waals surface area (Å²) in [7, 11) is 0. The van der Waals surface area contributed by atoms with Gasteiger partial charge in [0, 0.05) is 39.3 Å². The van der Waals surface area contributed by atoms with Crippen LogP contribution in [0.5, 0.6) is 0 Å². The molecule has 2 atom stereocenters. The van der Waals surface area contributed by atoms with Crippen LogP contribution in [0.3, 0.4) is 0 Å². The first-order chi connectivity index (χ1) is 13.3. The van der Waals surface area contributed by atoms with Crippen LogP contribution in [0.2, 0.25) is 0 Å². The van der Waals surface area contributed by atoms with Gasteiger partial charge in [-0.25, -0.2) is 0 Å². The molecule has 2 aliphatic heterocycles. The van der Waals surface area contributed by atoms with Gasteiger partial charge in [0.1, 0.15) is 0 Å². The van der Waals surface area contributed by atoms with E-state index in [1.807, 2.05) is 0 Å². The summed E-state index contributed by atoms with van der Waals surface area (Å²) in [5.41, 5.74) is 4.19. The third kappa shape index (κ3) is 5.17. The quantitative estimate of drug-likeness (QED) is 0.817. The van der Waals surface area contributed by atoms with Gasteiger partial charge in [-0.3, -0.25) is 9.80 Å². The minimum Gasteiger partial charge on any atom is -0.389 e. The van der Waals surface area contributed by atoms with E-state index in [-0.39, 0.29) is 6.10 Å². The van der Waals surface area contributed by atoms with Crippen molar-refractivity contribution in [1.29, 1.82) is 0 Å². The second-order valence-corrected chi connectivity index (χ2v) is 7.87. The zero-order valence-electron chi connectivity index (χ0n) is 16.0. The largest absolute Gasteiger partial charge is 0.389 e. The summed E-state index contributed by atoms with van der Waals surface area (Å²) in [4.78, 5) is 4.78. The van der Waals surface area contributed by atoms with Crippen molar-refractivity contribution in [1.82, 2.24) is 9.80 Å². The molecule has 4 nitrogen and oxygen atoms in total. The molecule has 0 aromatic heterocycles. The normalized spacial score (nSPS) is 21.9. The van der Waals surface area contributed by atoms with Crippen LogP contribution in [0, 0.1) is 0 Å². The molecule has 0 radical (unpaired) electrons. The summed E-state index contributed by atoms with van der Waals surface area (Å²) in [6, 6.07) is 19.2. The van der Waals surface area contributed by atoms with Gasteiger partial charge in [0.15, 0.2) is 0 Å². The number of β-amino-alcohol motifs (C(OH)–C–C–N with tert-alkyl or cyclic N) is 1. The topological polar surface area (TPSA) is 35.9 Å². The van der Waals surface area contributed by atoms with E-state index in [1.165, 1.54) is 16.7 Å². The maximum absolute atomic E-state index is 10.4. The van der Waals surface area contributed by atoms with Crippen molar-refractivity contribution in [2.45, 2.75) is 38.1 Å². The molecule has 2 aliphatic rings. The highest BCUT2D eigenvalue weighted by molar-refractivity contribution is 5.29. The Morgan fingerprint density at radius 1 is 0.963 bits per heavy atom. The van der Waals surface area contributed by atoms with Crippen LogP contribution >= 0.6 is 0 Å². The number of rotatable bonds is 7. The molecule has 1 fully saturated rings. The van der Waals surface area contributed by atoms with Gasteiger partial charge in [-0.15, -0.1) is 0 Å². The van der Waals surface area contributed by atoms with Gasteiger partial charge in [-0.05, 0) is 29.5 Å². The maximum Gasteiger partial charge on any atom is 0.0900 e. The van der Waals surface area contributed by atoms with Crippen molar-refractivity contribution in [3.8, 4) is 0 Å². The van der Waals surface area contributed by atoms with Crippen molar-refractivity contribution in [3.05, 3.63) is 71.3 Å². The fourth-order valence-corrected chi connectivity index (χ4v) is 4.23. The smallest absolute Gasteiger partial charge is 0.0900 e. The number of ether oxygens (including phenoxy) is 1. The molecule has 1 N–H and O–H groups in total. The van der Waals surface area contributed by atoms with Crippen LogP contribution in [0.25, 0.3) is 0 Å². The van der Waals surface area contributed by atoms with Crippen LogP contribution in [-0.2, 0) is 24.2 Å². The van der Waals surface area contributed by atoms with Gasteiger partial charge in [-0.2, -0.15) is 0 Å². The van der Waals surface area contributed by atoms with E-state index >= 15 is 0 Å². The predicted octanol–water partition coefficient (Wildman–Crippen LogP) is 2.70. The SMILES string of the molecule is OC(COC1CCN(Cc2ccccc2)C1)CN1CCc2ccccc2C1. The first kappa shape index (κ1) is 18.6. The minimum atomic E-state index is -0.418.